The Morgan fingerprint density at radius 1 is 1.25 bits per heavy atom. The standard InChI is InChI=1S/C14H14BrFN4/c1-3-9-7-20-8-11(17-13(20)5-12(9)16)4-10-6-19(2)18-14(10)15/h5-8H,3-4H2,1-2H3. The molecule has 6 heteroatoms. The summed E-state index contributed by atoms with van der Waals surface area (Å²) in [5, 5.41) is 4.24. The zero-order valence-corrected chi connectivity index (χ0v) is 12.9. The molecule has 3 rings (SSSR count). The van der Waals surface area contributed by atoms with E-state index in [2.05, 4.69) is 26.0 Å². The number of pyridine rings is 1. The lowest BCUT2D eigenvalue weighted by Crippen LogP contribution is -1.92. The van der Waals surface area contributed by atoms with E-state index in [-0.39, 0.29) is 5.82 Å². The first-order valence-electron chi connectivity index (χ1n) is 6.41. The van der Waals surface area contributed by atoms with Crippen LogP contribution in [0.3, 0.4) is 0 Å². The summed E-state index contributed by atoms with van der Waals surface area (Å²) in [6.45, 7) is 1.94. The van der Waals surface area contributed by atoms with E-state index in [1.165, 1.54) is 6.07 Å². The number of aromatic nitrogens is 4. The van der Waals surface area contributed by atoms with Gasteiger partial charge in [0.1, 0.15) is 16.1 Å². The third-order valence-corrected chi connectivity index (χ3v) is 3.94. The van der Waals surface area contributed by atoms with Crippen molar-refractivity contribution in [2.45, 2.75) is 19.8 Å². The van der Waals surface area contributed by atoms with Crippen molar-refractivity contribution in [2.24, 2.45) is 7.05 Å². The Labute approximate surface area is 124 Å². The fourth-order valence-corrected chi connectivity index (χ4v) is 2.77. The van der Waals surface area contributed by atoms with Gasteiger partial charge < -0.3 is 4.40 Å². The van der Waals surface area contributed by atoms with Crippen LogP contribution in [0.1, 0.15) is 23.7 Å². The van der Waals surface area contributed by atoms with Crippen LogP contribution in [-0.4, -0.2) is 19.2 Å². The van der Waals surface area contributed by atoms with Crippen molar-refractivity contribution in [3.05, 3.63) is 51.9 Å². The Kier molecular flexibility index (Phi) is 3.33. The van der Waals surface area contributed by atoms with E-state index in [1.807, 2.05) is 30.8 Å². The van der Waals surface area contributed by atoms with E-state index in [9.17, 15) is 4.39 Å². The molecule has 3 aromatic rings. The maximum Gasteiger partial charge on any atom is 0.139 e. The number of halogens is 2. The fourth-order valence-electron chi connectivity index (χ4n) is 2.28. The highest BCUT2D eigenvalue weighted by molar-refractivity contribution is 9.10. The average Bonchev–Trinajstić information content (AvgIpc) is 2.91. The summed E-state index contributed by atoms with van der Waals surface area (Å²) in [6, 6.07) is 1.49. The molecule has 4 nitrogen and oxygen atoms in total. The van der Waals surface area contributed by atoms with Gasteiger partial charge in [-0.3, -0.25) is 4.68 Å². The van der Waals surface area contributed by atoms with Crippen LogP contribution in [0.5, 0.6) is 0 Å². The molecule has 0 saturated heterocycles. The molecule has 0 radical (unpaired) electrons. The van der Waals surface area contributed by atoms with Crippen LogP contribution in [0.2, 0.25) is 0 Å². The molecule has 104 valence electrons. The Bertz CT molecular complexity index is 775. The first kappa shape index (κ1) is 13.3. The van der Waals surface area contributed by atoms with Gasteiger partial charge in [-0.1, -0.05) is 6.92 Å². The van der Waals surface area contributed by atoms with E-state index < -0.39 is 0 Å². The van der Waals surface area contributed by atoms with Crippen molar-refractivity contribution in [3.8, 4) is 0 Å². The molecule has 0 aliphatic heterocycles. The van der Waals surface area contributed by atoms with Crippen molar-refractivity contribution in [2.75, 3.05) is 0 Å². The van der Waals surface area contributed by atoms with Gasteiger partial charge in [-0.2, -0.15) is 5.10 Å². The van der Waals surface area contributed by atoms with E-state index in [4.69, 9.17) is 0 Å². The summed E-state index contributed by atoms with van der Waals surface area (Å²) in [7, 11) is 1.88. The SMILES string of the molecule is CCc1cn2cc(Cc3cn(C)nc3Br)nc2cc1F. The third kappa shape index (κ3) is 2.35. The minimum absolute atomic E-state index is 0.195. The third-order valence-electron chi connectivity index (χ3n) is 3.27. The van der Waals surface area contributed by atoms with Crippen LogP contribution in [0.15, 0.2) is 29.3 Å². The molecular formula is C14H14BrFN4. The quantitative estimate of drug-likeness (QED) is 0.736. The van der Waals surface area contributed by atoms with Gasteiger partial charge in [-0.25, -0.2) is 9.37 Å². The second-order valence-electron chi connectivity index (χ2n) is 4.79. The first-order valence-corrected chi connectivity index (χ1v) is 7.20. The Balaban J connectivity index is 1.98. The molecule has 0 unspecified atom stereocenters. The number of imidazole rings is 1. The van der Waals surface area contributed by atoms with Gasteiger partial charge in [-0.05, 0) is 22.4 Å². The molecule has 0 spiro atoms. The molecule has 0 bridgehead atoms. The van der Waals surface area contributed by atoms with Gasteiger partial charge in [0.05, 0.1) is 5.69 Å². The van der Waals surface area contributed by atoms with E-state index in [1.54, 1.807) is 10.9 Å². The smallest absolute Gasteiger partial charge is 0.139 e. The molecule has 3 aromatic heterocycles. The number of hydrogen-bond acceptors (Lipinski definition) is 2. The first-order chi connectivity index (χ1) is 9.56. The summed E-state index contributed by atoms with van der Waals surface area (Å²) in [5.41, 5.74) is 3.29. The van der Waals surface area contributed by atoms with Gasteiger partial charge >= 0.3 is 0 Å². The Hall–Kier alpha value is -1.69. The number of hydrogen-bond donors (Lipinski definition) is 0. The highest BCUT2D eigenvalue weighted by Gasteiger charge is 2.10. The van der Waals surface area contributed by atoms with Gasteiger partial charge in [-0.15, -0.1) is 0 Å². The minimum atomic E-state index is -0.195. The predicted molar refractivity (Wildman–Crippen MR) is 78.2 cm³/mol. The molecule has 0 aliphatic rings. The lowest BCUT2D eigenvalue weighted by atomic mass is 10.2. The molecule has 0 aromatic carbocycles. The predicted octanol–water partition coefficient (Wildman–Crippen LogP) is 3.12. The summed E-state index contributed by atoms with van der Waals surface area (Å²) < 4.78 is 18.2. The summed E-state index contributed by atoms with van der Waals surface area (Å²) in [4.78, 5) is 4.46. The second kappa shape index (κ2) is 5.01. The summed E-state index contributed by atoms with van der Waals surface area (Å²) in [5.74, 6) is -0.195. The molecule has 3 heterocycles. The highest BCUT2D eigenvalue weighted by Crippen LogP contribution is 2.19. The minimum Gasteiger partial charge on any atom is -0.306 e. The number of fused-ring (bicyclic) bond motifs is 1. The van der Waals surface area contributed by atoms with E-state index in [0.717, 1.165) is 15.9 Å². The van der Waals surface area contributed by atoms with Crippen LogP contribution < -0.4 is 0 Å². The number of nitrogens with zero attached hydrogens (tertiary/aromatic N) is 4. The maximum absolute atomic E-state index is 13.7. The zero-order chi connectivity index (χ0) is 14.3. The van der Waals surface area contributed by atoms with Crippen LogP contribution in [0, 0.1) is 5.82 Å². The van der Waals surface area contributed by atoms with E-state index >= 15 is 0 Å². The molecule has 0 fully saturated rings. The normalized spacial score (nSPS) is 11.4. The highest BCUT2D eigenvalue weighted by atomic mass is 79.9. The fraction of sp³-hybridized carbons (Fsp3) is 0.286. The lowest BCUT2D eigenvalue weighted by Gasteiger charge is -2.00. The van der Waals surface area contributed by atoms with Crippen LogP contribution in [0.25, 0.3) is 5.65 Å². The summed E-state index contributed by atoms with van der Waals surface area (Å²) in [6.07, 6.45) is 7.03. The molecule has 0 saturated carbocycles. The second-order valence-corrected chi connectivity index (χ2v) is 5.54. The monoisotopic (exact) mass is 336 g/mol. The largest absolute Gasteiger partial charge is 0.306 e. The molecular weight excluding hydrogens is 323 g/mol. The van der Waals surface area contributed by atoms with Crippen LogP contribution in [-0.2, 0) is 19.9 Å². The Morgan fingerprint density at radius 2 is 2.05 bits per heavy atom. The van der Waals surface area contributed by atoms with Crippen molar-refractivity contribution in [1.82, 2.24) is 19.2 Å². The molecule has 20 heavy (non-hydrogen) atoms. The molecule has 0 amide bonds. The van der Waals surface area contributed by atoms with Gasteiger partial charge in [0, 0.05) is 49.3 Å². The van der Waals surface area contributed by atoms with Crippen molar-refractivity contribution >= 4 is 21.6 Å². The van der Waals surface area contributed by atoms with Crippen molar-refractivity contribution < 1.29 is 4.39 Å². The maximum atomic E-state index is 13.7. The zero-order valence-electron chi connectivity index (χ0n) is 11.3. The molecule has 0 N–H and O–H groups in total. The van der Waals surface area contributed by atoms with Crippen molar-refractivity contribution in [1.29, 1.82) is 0 Å². The molecule has 0 aliphatic carbocycles. The average molecular weight is 337 g/mol. The van der Waals surface area contributed by atoms with Crippen LogP contribution >= 0.6 is 15.9 Å². The van der Waals surface area contributed by atoms with E-state index in [0.29, 0.717) is 24.1 Å². The van der Waals surface area contributed by atoms with Crippen LogP contribution in [0.4, 0.5) is 4.39 Å². The Morgan fingerprint density at radius 3 is 2.70 bits per heavy atom. The van der Waals surface area contributed by atoms with Crippen molar-refractivity contribution in [3.63, 3.8) is 0 Å². The van der Waals surface area contributed by atoms with Gasteiger partial charge in [0.15, 0.2) is 0 Å². The molecule has 0 atom stereocenters. The van der Waals surface area contributed by atoms with Gasteiger partial charge in [0.25, 0.3) is 0 Å². The number of aryl methyl sites for hydroxylation is 2. The lowest BCUT2D eigenvalue weighted by molar-refractivity contribution is 0.610. The number of rotatable bonds is 3. The summed E-state index contributed by atoms with van der Waals surface area (Å²) >= 11 is 3.43. The van der Waals surface area contributed by atoms with Gasteiger partial charge in [0.2, 0.25) is 0 Å². The topological polar surface area (TPSA) is 35.1 Å².